The summed E-state index contributed by atoms with van der Waals surface area (Å²) >= 11 is 0. The minimum atomic E-state index is -1.02. The molecular formula is C20H13NO3. The molecule has 24 heavy (non-hydrogen) atoms. The van der Waals surface area contributed by atoms with Gasteiger partial charge in [-0.05, 0) is 17.5 Å². The van der Waals surface area contributed by atoms with Crippen molar-refractivity contribution in [2.75, 3.05) is 0 Å². The average molecular weight is 315 g/mol. The number of hydrogen-bond acceptors (Lipinski definition) is 3. The lowest BCUT2D eigenvalue weighted by Gasteiger charge is -2.10. The Morgan fingerprint density at radius 3 is 2.46 bits per heavy atom. The molecule has 0 aliphatic rings. The molecule has 0 atom stereocenters. The zero-order valence-electron chi connectivity index (χ0n) is 12.6. The molecule has 4 nitrogen and oxygen atoms in total. The highest BCUT2D eigenvalue weighted by Gasteiger charge is 2.16. The predicted octanol–water partition coefficient (Wildman–Crippen LogP) is 4.46. The second-order valence-electron chi connectivity index (χ2n) is 5.56. The summed E-state index contributed by atoms with van der Waals surface area (Å²) in [6.45, 7) is 0. The smallest absolute Gasteiger partial charge is 0.336 e. The third-order valence-corrected chi connectivity index (χ3v) is 4.10. The number of aromatic hydroxyl groups is 1. The van der Waals surface area contributed by atoms with E-state index in [0.29, 0.717) is 22.0 Å². The molecule has 0 spiro atoms. The van der Waals surface area contributed by atoms with Crippen LogP contribution in [0.2, 0.25) is 0 Å². The number of phenolic OH excluding ortho intramolecular Hbond substituents is 1. The first-order valence-corrected chi connectivity index (χ1v) is 7.49. The Morgan fingerprint density at radius 1 is 0.917 bits per heavy atom. The van der Waals surface area contributed by atoms with Crippen molar-refractivity contribution in [3.8, 4) is 17.0 Å². The van der Waals surface area contributed by atoms with Gasteiger partial charge in [-0.15, -0.1) is 0 Å². The number of carbonyl (C=O) groups is 1. The Kier molecular flexibility index (Phi) is 3.17. The van der Waals surface area contributed by atoms with E-state index in [1.54, 1.807) is 30.3 Å². The van der Waals surface area contributed by atoms with Gasteiger partial charge in [0.25, 0.3) is 0 Å². The number of carboxylic acids is 1. The monoisotopic (exact) mass is 315 g/mol. The van der Waals surface area contributed by atoms with Crippen LogP contribution in [0.3, 0.4) is 0 Å². The van der Waals surface area contributed by atoms with E-state index in [-0.39, 0.29) is 11.3 Å². The summed E-state index contributed by atoms with van der Waals surface area (Å²) < 4.78 is 0. The van der Waals surface area contributed by atoms with Crippen LogP contribution in [0.5, 0.6) is 5.75 Å². The number of fused-ring (bicyclic) bond motifs is 3. The first-order valence-electron chi connectivity index (χ1n) is 7.49. The molecule has 0 radical (unpaired) electrons. The number of pyridine rings is 1. The van der Waals surface area contributed by atoms with Gasteiger partial charge in [-0.3, -0.25) is 0 Å². The Balaban J connectivity index is 2.18. The van der Waals surface area contributed by atoms with E-state index in [4.69, 9.17) is 0 Å². The maximum atomic E-state index is 11.7. The highest BCUT2D eigenvalue weighted by Crippen LogP contribution is 2.34. The van der Waals surface area contributed by atoms with Crippen LogP contribution in [-0.2, 0) is 0 Å². The van der Waals surface area contributed by atoms with Crippen LogP contribution < -0.4 is 0 Å². The van der Waals surface area contributed by atoms with Crippen molar-refractivity contribution in [2.24, 2.45) is 0 Å². The van der Waals surface area contributed by atoms with Crippen molar-refractivity contribution in [3.05, 3.63) is 72.3 Å². The Hall–Kier alpha value is -3.40. The summed E-state index contributed by atoms with van der Waals surface area (Å²) in [7, 11) is 0. The average Bonchev–Trinajstić information content (AvgIpc) is 2.61. The fraction of sp³-hybridized carbons (Fsp3) is 0. The summed E-state index contributed by atoms with van der Waals surface area (Å²) in [5.41, 5.74) is 2.05. The molecule has 3 aromatic carbocycles. The zero-order valence-corrected chi connectivity index (χ0v) is 12.6. The van der Waals surface area contributed by atoms with Crippen molar-refractivity contribution in [2.45, 2.75) is 0 Å². The van der Waals surface area contributed by atoms with Gasteiger partial charge < -0.3 is 10.2 Å². The number of benzene rings is 3. The molecule has 4 aromatic rings. The topological polar surface area (TPSA) is 70.4 Å². The lowest BCUT2D eigenvalue weighted by Crippen LogP contribution is -2.00. The largest absolute Gasteiger partial charge is 0.507 e. The molecule has 2 N–H and O–H groups in total. The molecule has 0 amide bonds. The second-order valence-corrected chi connectivity index (χ2v) is 5.56. The van der Waals surface area contributed by atoms with Crippen molar-refractivity contribution in [1.29, 1.82) is 0 Å². The quantitative estimate of drug-likeness (QED) is 0.536. The fourth-order valence-corrected chi connectivity index (χ4v) is 2.98. The molecular weight excluding hydrogens is 302 g/mol. The maximum absolute atomic E-state index is 11.7. The van der Waals surface area contributed by atoms with Gasteiger partial charge in [0.1, 0.15) is 5.75 Å². The Bertz CT molecular complexity index is 1090. The van der Waals surface area contributed by atoms with Crippen LogP contribution in [0.15, 0.2) is 66.7 Å². The zero-order chi connectivity index (χ0) is 16.7. The number of hydrogen-bond donors (Lipinski definition) is 2. The number of aromatic carboxylic acids is 1. The molecule has 0 bridgehead atoms. The van der Waals surface area contributed by atoms with Crippen LogP contribution in [0.1, 0.15) is 10.4 Å². The lowest BCUT2D eigenvalue weighted by atomic mass is 9.99. The standard InChI is InChI=1S/C20H13NO3/c22-17-8-4-7-13-9-10-14-15(20(23)24)11-16(21-19(14)18(13)17)12-5-2-1-3-6-12/h1-11,22H,(H,23,24). The van der Waals surface area contributed by atoms with E-state index in [2.05, 4.69) is 4.98 Å². The van der Waals surface area contributed by atoms with Gasteiger partial charge >= 0.3 is 5.97 Å². The molecule has 0 fully saturated rings. The van der Waals surface area contributed by atoms with E-state index < -0.39 is 5.97 Å². The highest BCUT2D eigenvalue weighted by molar-refractivity contribution is 6.14. The molecule has 1 aromatic heterocycles. The predicted molar refractivity (Wildman–Crippen MR) is 93.3 cm³/mol. The first kappa shape index (κ1) is 14.2. The number of nitrogens with zero attached hydrogens (tertiary/aromatic N) is 1. The van der Waals surface area contributed by atoms with E-state index >= 15 is 0 Å². The van der Waals surface area contributed by atoms with Crippen LogP contribution in [0, 0.1) is 0 Å². The maximum Gasteiger partial charge on any atom is 0.336 e. The van der Waals surface area contributed by atoms with Gasteiger partial charge in [-0.1, -0.05) is 54.6 Å². The van der Waals surface area contributed by atoms with Crippen molar-refractivity contribution >= 4 is 27.6 Å². The lowest BCUT2D eigenvalue weighted by molar-refractivity contribution is 0.0699. The van der Waals surface area contributed by atoms with Gasteiger partial charge in [-0.2, -0.15) is 0 Å². The van der Waals surface area contributed by atoms with Crippen molar-refractivity contribution in [1.82, 2.24) is 4.98 Å². The first-order chi connectivity index (χ1) is 11.6. The van der Waals surface area contributed by atoms with Gasteiger partial charge in [0.05, 0.1) is 16.8 Å². The molecule has 0 saturated heterocycles. The molecule has 0 unspecified atom stereocenters. The van der Waals surface area contributed by atoms with E-state index in [1.807, 2.05) is 36.4 Å². The minimum Gasteiger partial charge on any atom is -0.507 e. The number of phenols is 1. The summed E-state index contributed by atoms with van der Waals surface area (Å²) in [6, 6.07) is 19.7. The van der Waals surface area contributed by atoms with E-state index in [0.717, 1.165) is 10.9 Å². The SMILES string of the molecule is O=C(O)c1cc(-c2ccccc2)nc2c1ccc1cccc(O)c12. The van der Waals surface area contributed by atoms with Crippen LogP contribution in [-0.4, -0.2) is 21.2 Å². The molecule has 1 heterocycles. The Labute approximate surface area is 137 Å². The molecule has 0 aliphatic heterocycles. The van der Waals surface area contributed by atoms with Gasteiger partial charge in [0.15, 0.2) is 0 Å². The molecule has 116 valence electrons. The summed E-state index contributed by atoms with van der Waals surface area (Å²) in [4.78, 5) is 16.4. The van der Waals surface area contributed by atoms with Gasteiger partial charge in [-0.25, -0.2) is 9.78 Å². The van der Waals surface area contributed by atoms with Gasteiger partial charge in [0.2, 0.25) is 0 Å². The van der Waals surface area contributed by atoms with Crippen LogP contribution in [0.25, 0.3) is 32.9 Å². The minimum absolute atomic E-state index is 0.0900. The van der Waals surface area contributed by atoms with Crippen molar-refractivity contribution in [3.63, 3.8) is 0 Å². The molecule has 0 aliphatic carbocycles. The van der Waals surface area contributed by atoms with Crippen LogP contribution in [0.4, 0.5) is 0 Å². The molecule has 0 saturated carbocycles. The summed E-state index contributed by atoms with van der Waals surface area (Å²) in [5, 5.41) is 21.8. The number of aromatic nitrogens is 1. The third-order valence-electron chi connectivity index (χ3n) is 4.10. The second kappa shape index (κ2) is 5.35. The third kappa shape index (κ3) is 2.16. The highest BCUT2D eigenvalue weighted by atomic mass is 16.4. The number of rotatable bonds is 2. The molecule has 4 rings (SSSR count). The normalized spacial score (nSPS) is 11.0. The number of carboxylic acid groups (broad SMARTS) is 1. The van der Waals surface area contributed by atoms with Crippen molar-refractivity contribution < 1.29 is 15.0 Å². The fourth-order valence-electron chi connectivity index (χ4n) is 2.98. The van der Waals surface area contributed by atoms with E-state index in [9.17, 15) is 15.0 Å². The van der Waals surface area contributed by atoms with Crippen LogP contribution >= 0.6 is 0 Å². The van der Waals surface area contributed by atoms with E-state index in [1.165, 1.54) is 0 Å². The molecule has 4 heteroatoms. The summed E-state index contributed by atoms with van der Waals surface area (Å²) in [5.74, 6) is -0.929. The summed E-state index contributed by atoms with van der Waals surface area (Å²) in [6.07, 6.45) is 0. The van der Waals surface area contributed by atoms with Gasteiger partial charge in [0, 0.05) is 16.3 Å². The Morgan fingerprint density at radius 2 is 1.71 bits per heavy atom.